The van der Waals surface area contributed by atoms with Gasteiger partial charge >= 0.3 is 0 Å². The molecule has 3 heteroatoms. The van der Waals surface area contributed by atoms with E-state index < -0.39 is 0 Å². The van der Waals surface area contributed by atoms with Gasteiger partial charge in [-0.05, 0) is 31.2 Å². The maximum absolute atomic E-state index is 9.48. The van der Waals surface area contributed by atoms with Crippen LogP contribution in [0.4, 0.5) is 0 Å². The molecule has 0 amide bonds. The van der Waals surface area contributed by atoms with Crippen LogP contribution >= 0.6 is 0 Å². The van der Waals surface area contributed by atoms with Crippen LogP contribution in [-0.2, 0) is 0 Å². The second-order valence-electron chi connectivity index (χ2n) is 5.22. The highest BCUT2D eigenvalue weighted by Gasteiger charge is 2.11. The summed E-state index contributed by atoms with van der Waals surface area (Å²) < 4.78 is 0. The maximum atomic E-state index is 9.48. The zero-order chi connectivity index (χ0) is 13.9. The van der Waals surface area contributed by atoms with Crippen molar-refractivity contribution in [1.29, 1.82) is 5.26 Å². The van der Waals surface area contributed by atoms with E-state index in [2.05, 4.69) is 29.1 Å². The van der Waals surface area contributed by atoms with E-state index in [1.807, 2.05) is 36.5 Å². The van der Waals surface area contributed by atoms with Crippen LogP contribution < -0.4 is 0 Å². The number of nitrogens with zero attached hydrogens (tertiary/aromatic N) is 2. The van der Waals surface area contributed by atoms with Crippen molar-refractivity contribution >= 4 is 16.5 Å². The first kappa shape index (κ1) is 12.7. The molecule has 1 N–H and O–H groups in total. The fourth-order valence-electron chi connectivity index (χ4n) is 2.68. The van der Waals surface area contributed by atoms with E-state index in [9.17, 15) is 5.26 Å². The van der Waals surface area contributed by atoms with Gasteiger partial charge in [0.05, 0.1) is 11.6 Å². The van der Waals surface area contributed by atoms with Crippen LogP contribution in [0.5, 0.6) is 0 Å². The average molecular weight is 263 g/mol. The van der Waals surface area contributed by atoms with Crippen molar-refractivity contribution in [2.24, 2.45) is 0 Å². The third-order valence-corrected chi connectivity index (χ3v) is 3.70. The van der Waals surface area contributed by atoms with Crippen LogP contribution in [-0.4, -0.2) is 30.0 Å². The van der Waals surface area contributed by atoms with Gasteiger partial charge in [-0.25, -0.2) is 0 Å². The number of nitriles is 1. The fraction of sp³-hybridized carbons (Fsp3) is 0.235. The van der Waals surface area contributed by atoms with Crippen molar-refractivity contribution in [3.8, 4) is 6.07 Å². The SMILES string of the molecule is CN1CCC=C(/C=C(\C#N)c2c[nH]c3ccccc23)C1. The number of nitrogens with one attached hydrogen (secondary N) is 1. The Labute approximate surface area is 118 Å². The van der Waals surface area contributed by atoms with Crippen molar-refractivity contribution in [2.45, 2.75) is 6.42 Å². The Morgan fingerprint density at radius 3 is 3.05 bits per heavy atom. The average Bonchev–Trinajstić information content (AvgIpc) is 2.89. The minimum atomic E-state index is 0.726. The van der Waals surface area contributed by atoms with Gasteiger partial charge in [-0.3, -0.25) is 0 Å². The molecule has 1 aliphatic heterocycles. The maximum Gasteiger partial charge on any atom is 0.0998 e. The van der Waals surface area contributed by atoms with Gasteiger partial charge in [-0.2, -0.15) is 5.26 Å². The number of rotatable bonds is 2. The fourth-order valence-corrected chi connectivity index (χ4v) is 2.68. The normalized spacial score (nSPS) is 17.0. The van der Waals surface area contributed by atoms with Crippen LogP contribution in [0.15, 0.2) is 48.2 Å². The van der Waals surface area contributed by atoms with Gasteiger partial charge in [0.1, 0.15) is 0 Å². The first-order chi connectivity index (χ1) is 9.78. The molecule has 3 rings (SSSR count). The van der Waals surface area contributed by atoms with E-state index in [0.29, 0.717) is 0 Å². The molecule has 2 aromatic rings. The molecule has 1 aromatic carbocycles. The summed E-state index contributed by atoms with van der Waals surface area (Å²) in [5.74, 6) is 0. The summed E-state index contributed by atoms with van der Waals surface area (Å²) in [7, 11) is 2.11. The summed E-state index contributed by atoms with van der Waals surface area (Å²) >= 11 is 0. The lowest BCUT2D eigenvalue weighted by molar-refractivity contribution is 0.358. The van der Waals surface area contributed by atoms with E-state index >= 15 is 0 Å². The first-order valence-electron chi connectivity index (χ1n) is 6.84. The highest BCUT2D eigenvalue weighted by Crippen LogP contribution is 2.26. The lowest BCUT2D eigenvalue weighted by atomic mass is 10.0. The number of hydrogen-bond donors (Lipinski definition) is 1. The van der Waals surface area contributed by atoms with E-state index in [1.54, 1.807) is 0 Å². The highest BCUT2D eigenvalue weighted by molar-refractivity contribution is 5.96. The molecule has 0 saturated heterocycles. The number of allylic oxidation sites excluding steroid dienone is 1. The molecule has 0 radical (unpaired) electrons. The Hall–Kier alpha value is -2.31. The summed E-state index contributed by atoms with van der Waals surface area (Å²) in [5.41, 5.74) is 4.00. The standard InChI is InChI=1S/C17H17N3/c1-20-8-4-5-13(12-20)9-14(10-18)16-11-19-17-7-3-2-6-15(16)17/h2-3,5-7,9,11,19H,4,8,12H2,1H3/b14-9+. The number of H-pyrrole nitrogens is 1. The predicted molar refractivity (Wildman–Crippen MR) is 82.1 cm³/mol. The molecule has 20 heavy (non-hydrogen) atoms. The number of fused-ring (bicyclic) bond motifs is 1. The summed E-state index contributed by atoms with van der Waals surface area (Å²) in [5, 5.41) is 10.6. The molecule has 0 fully saturated rings. The Morgan fingerprint density at radius 2 is 2.25 bits per heavy atom. The Kier molecular flexibility index (Phi) is 3.41. The lowest BCUT2D eigenvalue weighted by Gasteiger charge is -2.21. The predicted octanol–water partition coefficient (Wildman–Crippen LogP) is 3.34. The molecule has 1 aliphatic rings. The molecule has 0 saturated carbocycles. The van der Waals surface area contributed by atoms with Gasteiger partial charge in [-0.15, -0.1) is 0 Å². The van der Waals surface area contributed by atoms with Crippen molar-refractivity contribution in [1.82, 2.24) is 9.88 Å². The molecule has 2 heterocycles. The molecule has 0 bridgehead atoms. The second kappa shape index (κ2) is 5.36. The van der Waals surface area contributed by atoms with Crippen molar-refractivity contribution in [3.63, 3.8) is 0 Å². The number of para-hydroxylation sites is 1. The molecular weight excluding hydrogens is 246 g/mol. The number of likely N-dealkylation sites (N-methyl/N-ethyl adjacent to an activating group) is 1. The van der Waals surface area contributed by atoms with Crippen molar-refractivity contribution < 1.29 is 0 Å². The van der Waals surface area contributed by atoms with Gasteiger partial charge in [0.25, 0.3) is 0 Å². The van der Waals surface area contributed by atoms with E-state index in [1.165, 1.54) is 5.57 Å². The van der Waals surface area contributed by atoms with Gasteiger partial charge in [0, 0.05) is 35.8 Å². The monoisotopic (exact) mass is 263 g/mol. The Balaban J connectivity index is 2.02. The summed E-state index contributed by atoms with van der Waals surface area (Å²) in [4.78, 5) is 5.50. The Bertz CT molecular complexity index is 728. The van der Waals surface area contributed by atoms with Crippen LogP contribution in [0.1, 0.15) is 12.0 Å². The smallest absolute Gasteiger partial charge is 0.0998 e. The van der Waals surface area contributed by atoms with Crippen LogP contribution in [0.25, 0.3) is 16.5 Å². The molecule has 0 aliphatic carbocycles. The van der Waals surface area contributed by atoms with Crippen molar-refractivity contribution in [3.05, 3.63) is 53.8 Å². The van der Waals surface area contributed by atoms with Crippen LogP contribution in [0.2, 0.25) is 0 Å². The minimum Gasteiger partial charge on any atom is -0.361 e. The van der Waals surface area contributed by atoms with E-state index in [0.717, 1.165) is 41.5 Å². The number of benzene rings is 1. The summed E-state index contributed by atoms with van der Waals surface area (Å²) in [6, 6.07) is 10.4. The molecule has 100 valence electrons. The molecular formula is C17H17N3. The van der Waals surface area contributed by atoms with Gasteiger partial charge in [0.15, 0.2) is 0 Å². The van der Waals surface area contributed by atoms with Crippen molar-refractivity contribution in [2.75, 3.05) is 20.1 Å². The Morgan fingerprint density at radius 1 is 1.40 bits per heavy atom. The van der Waals surface area contributed by atoms with Gasteiger partial charge < -0.3 is 9.88 Å². The molecule has 3 nitrogen and oxygen atoms in total. The number of aromatic nitrogens is 1. The molecule has 0 unspecified atom stereocenters. The minimum absolute atomic E-state index is 0.726. The topological polar surface area (TPSA) is 42.8 Å². The number of aromatic amines is 1. The summed E-state index contributed by atoms with van der Waals surface area (Å²) in [6.07, 6.45) is 7.22. The largest absolute Gasteiger partial charge is 0.361 e. The molecule has 0 spiro atoms. The first-order valence-corrected chi connectivity index (χ1v) is 6.84. The van der Waals surface area contributed by atoms with E-state index in [-0.39, 0.29) is 0 Å². The number of hydrogen-bond acceptors (Lipinski definition) is 2. The van der Waals surface area contributed by atoms with Gasteiger partial charge in [0.2, 0.25) is 0 Å². The van der Waals surface area contributed by atoms with E-state index in [4.69, 9.17) is 0 Å². The molecule has 1 aromatic heterocycles. The lowest BCUT2D eigenvalue weighted by Crippen LogP contribution is -2.24. The zero-order valence-electron chi connectivity index (χ0n) is 11.6. The van der Waals surface area contributed by atoms with Crippen LogP contribution in [0.3, 0.4) is 0 Å². The van der Waals surface area contributed by atoms with Crippen LogP contribution in [0, 0.1) is 11.3 Å². The third kappa shape index (κ3) is 2.38. The highest BCUT2D eigenvalue weighted by atomic mass is 15.1. The molecule has 0 atom stereocenters. The second-order valence-corrected chi connectivity index (χ2v) is 5.22. The zero-order valence-corrected chi connectivity index (χ0v) is 11.6. The quantitative estimate of drug-likeness (QED) is 0.844. The third-order valence-electron chi connectivity index (χ3n) is 3.70. The summed E-state index contributed by atoms with van der Waals surface area (Å²) in [6.45, 7) is 2.00. The van der Waals surface area contributed by atoms with Gasteiger partial charge in [-0.1, -0.05) is 24.3 Å².